The Labute approximate surface area is 195 Å². The molecule has 0 unspecified atom stereocenters. The average molecular weight is 447 g/mol. The summed E-state index contributed by atoms with van der Waals surface area (Å²) >= 11 is 0. The second-order valence-electron chi connectivity index (χ2n) is 9.05. The molecule has 4 rings (SSSR count). The van der Waals surface area contributed by atoms with Crippen LogP contribution in [0.2, 0.25) is 0 Å². The SMILES string of the molecule is CCCCNC(=O)Cn1c(N2CCC(Cc3ccccc3)CC2)cc2cc(C(N)=O)ccc21. The first kappa shape index (κ1) is 22.9. The topological polar surface area (TPSA) is 80.4 Å². The van der Waals surface area contributed by atoms with Crippen molar-refractivity contribution in [2.24, 2.45) is 11.7 Å². The number of nitrogens with one attached hydrogen (secondary N) is 1. The van der Waals surface area contributed by atoms with Gasteiger partial charge in [-0.3, -0.25) is 9.59 Å². The van der Waals surface area contributed by atoms with Gasteiger partial charge >= 0.3 is 0 Å². The van der Waals surface area contributed by atoms with Gasteiger partial charge in [-0.1, -0.05) is 43.7 Å². The first-order chi connectivity index (χ1) is 16.0. The summed E-state index contributed by atoms with van der Waals surface area (Å²) in [5, 5.41) is 3.97. The van der Waals surface area contributed by atoms with Crippen molar-refractivity contribution in [2.75, 3.05) is 24.5 Å². The summed E-state index contributed by atoms with van der Waals surface area (Å²) in [7, 11) is 0. The molecule has 3 N–H and O–H groups in total. The fourth-order valence-corrected chi connectivity index (χ4v) is 4.76. The highest BCUT2D eigenvalue weighted by Gasteiger charge is 2.24. The van der Waals surface area contributed by atoms with Crippen molar-refractivity contribution in [3.63, 3.8) is 0 Å². The number of piperidine rings is 1. The summed E-state index contributed by atoms with van der Waals surface area (Å²) in [4.78, 5) is 26.7. The zero-order chi connectivity index (χ0) is 23.2. The quantitative estimate of drug-likeness (QED) is 0.485. The number of rotatable bonds is 9. The number of unbranched alkanes of at least 4 members (excludes halogenated alkanes) is 1. The Morgan fingerprint density at radius 2 is 1.82 bits per heavy atom. The molecule has 1 aliphatic heterocycles. The first-order valence-electron chi connectivity index (χ1n) is 12.0. The maximum Gasteiger partial charge on any atom is 0.248 e. The van der Waals surface area contributed by atoms with Crippen LogP contribution in [0.4, 0.5) is 5.82 Å². The van der Waals surface area contributed by atoms with Crippen molar-refractivity contribution in [2.45, 2.75) is 45.6 Å². The van der Waals surface area contributed by atoms with Gasteiger partial charge in [0, 0.05) is 30.6 Å². The molecule has 6 nitrogen and oxygen atoms in total. The lowest BCUT2D eigenvalue weighted by atomic mass is 9.90. The van der Waals surface area contributed by atoms with E-state index in [1.807, 2.05) is 12.1 Å². The Morgan fingerprint density at radius 1 is 1.06 bits per heavy atom. The van der Waals surface area contributed by atoms with Crippen molar-refractivity contribution in [1.29, 1.82) is 0 Å². The van der Waals surface area contributed by atoms with Gasteiger partial charge in [-0.05, 0) is 61.4 Å². The van der Waals surface area contributed by atoms with Crippen molar-refractivity contribution in [1.82, 2.24) is 9.88 Å². The number of primary amides is 1. The van der Waals surface area contributed by atoms with Gasteiger partial charge < -0.3 is 20.5 Å². The molecule has 1 aromatic heterocycles. The Morgan fingerprint density at radius 3 is 2.52 bits per heavy atom. The molecule has 0 aliphatic carbocycles. The number of aromatic nitrogens is 1. The van der Waals surface area contributed by atoms with Crippen LogP contribution in [0.1, 0.15) is 48.5 Å². The van der Waals surface area contributed by atoms with E-state index >= 15 is 0 Å². The molecule has 3 aromatic rings. The Hall–Kier alpha value is -3.28. The predicted molar refractivity (Wildman–Crippen MR) is 133 cm³/mol. The third-order valence-electron chi connectivity index (χ3n) is 6.62. The predicted octanol–water partition coefficient (Wildman–Crippen LogP) is 4.12. The third-order valence-corrected chi connectivity index (χ3v) is 6.62. The summed E-state index contributed by atoms with van der Waals surface area (Å²) in [5.41, 5.74) is 8.33. The van der Waals surface area contributed by atoms with E-state index in [1.54, 1.807) is 6.07 Å². The number of fused-ring (bicyclic) bond motifs is 1. The smallest absolute Gasteiger partial charge is 0.248 e. The van der Waals surface area contributed by atoms with E-state index in [9.17, 15) is 9.59 Å². The molecule has 1 aliphatic rings. The van der Waals surface area contributed by atoms with Crippen LogP contribution in [0.3, 0.4) is 0 Å². The largest absolute Gasteiger partial charge is 0.366 e. The van der Waals surface area contributed by atoms with Gasteiger partial charge in [-0.25, -0.2) is 0 Å². The number of benzene rings is 2. The second kappa shape index (κ2) is 10.6. The van der Waals surface area contributed by atoms with E-state index in [2.05, 4.69) is 58.1 Å². The lowest BCUT2D eigenvalue weighted by molar-refractivity contribution is -0.121. The molecular formula is C27H34N4O2. The van der Waals surface area contributed by atoms with E-state index in [0.29, 0.717) is 18.0 Å². The van der Waals surface area contributed by atoms with Crippen molar-refractivity contribution < 1.29 is 9.59 Å². The van der Waals surface area contributed by atoms with E-state index in [4.69, 9.17) is 5.73 Å². The Kier molecular flexibility index (Phi) is 7.33. The van der Waals surface area contributed by atoms with Crippen molar-refractivity contribution in [3.8, 4) is 0 Å². The molecule has 174 valence electrons. The van der Waals surface area contributed by atoms with Gasteiger partial charge in [0.25, 0.3) is 0 Å². The molecule has 0 spiro atoms. The number of nitrogens with two attached hydrogens (primary N) is 1. The number of carbonyl (C=O) groups is 2. The highest BCUT2D eigenvalue weighted by atomic mass is 16.2. The lowest BCUT2D eigenvalue weighted by Gasteiger charge is -2.34. The fourth-order valence-electron chi connectivity index (χ4n) is 4.76. The number of anilines is 1. The lowest BCUT2D eigenvalue weighted by Crippen LogP contribution is -2.36. The Bertz CT molecular complexity index is 1100. The first-order valence-corrected chi connectivity index (χ1v) is 12.0. The van der Waals surface area contributed by atoms with Crippen LogP contribution >= 0.6 is 0 Å². The minimum Gasteiger partial charge on any atom is -0.366 e. The molecule has 0 saturated carbocycles. The number of hydrogen-bond acceptors (Lipinski definition) is 3. The van der Waals surface area contributed by atoms with Crippen LogP contribution in [0.15, 0.2) is 54.6 Å². The average Bonchev–Trinajstić information content (AvgIpc) is 3.18. The highest BCUT2D eigenvalue weighted by Crippen LogP contribution is 2.31. The molecule has 1 fully saturated rings. The van der Waals surface area contributed by atoms with E-state index in [0.717, 1.165) is 61.9 Å². The molecule has 0 radical (unpaired) electrons. The third kappa shape index (κ3) is 5.56. The Balaban J connectivity index is 1.54. The number of amides is 2. The molecule has 0 atom stereocenters. The zero-order valence-electron chi connectivity index (χ0n) is 19.4. The molecule has 1 saturated heterocycles. The van der Waals surface area contributed by atoms with Gasteiger partial charge in [0.2, 0.25) is 11.8 Å². The maximum absolute atomic E-state index is 12.7. The summed E-state index contributed by atoms with van der Waals surface area (Å²) < 4.78 is 2.08. The van der Waals surface area contributed by atoms with Gasteiger partial charge in [0.05, 0.1) is 5.52 Å². The van der Waals surface area contributed by atoms with Gasteiger partial charge in [-0.2, -0.15) is 0 Å². The minimum atomic E-state index is -0.440. The number of carbonyl (C=O) groups excluding carboxylic acids is 2. The van der Waals surface area contributed by atoms with E-state index in [1.165, 1.54) is 5.56 Å². The number of nitrogens with zero attached hydrogens (tertiary/aromatic N) is 2. The van der Waals surface area contributed by atoms with Crippen molar-refractivity contribution in [3.05, 3.63) is 65.7 Å². The monoisotopic (exact) mass is 446 g/mol. The number of hydrogen-bond donors (Lipinski definition) is 2. The van der Waals surface area contributed by atoms with Crippen LogP contribution in [0, 0.1) is 5.92 Å². The molecule has 2 amide bonds. The molecule has 0 bridgehead atoms. The van der Waals surface area contributed by atoms with Crippen LogP contribution < -0.4 is 16.0 Å². The summed E-state index contributed by atoms with van der Waals surface area (Å²) in [5.74, 6) is 1.28. The normalized spacial score (nSPS) is 14.5. The summed E-state index contributed by atoms with van der Waals surface area (Å²) in [6, 6.07) is 18.3. The van der Waals surface area contributed by atoms with Gasteiger partial charge in [0.1, 0.15) is 12.4 Å². The molecule has 6 heteroatoms. The van der Waals surface area contributed by atoms with Crippen LogP contribution in [-0.2, 0) is 17.8 Å². The second-order valence-corrected chi connectivity index (χ2v) is 9.05. The molecule has 33 heavy (non-hydrogen) atoms. The summed E-state index contributed by atoms with van der Waals surface area (Å²) in [6.07, 6.45) is 5.37. The maximum atomic E-state index is 12.7. The molecule has 2 heterocycles. The fraction of sp³-hybridized carbons (Fsp3) is 0.407. The van der Waals surface area contributed by atoms with Crippen molar-refractivity contribution >= 4 is 28.5 Å². The minimum absolute atomic E-state index is 0.0140. The molecule has 2 aromatic carbocycles. The zero-order valence-corrected chi connectivity index (χ0v) is 19.4. The van der Waals surface area contributed by atoms with Crippen LogP contribution in [0.25, 0.3) is 10.9 Å². The van der Waals surface area contributed by atoms with Gasteiger partial charge in [0.15, 0.2) is 0 Å². The standard InChI is InChI=1S/C27H34N4O2/c1-2-3-13-29-25(32)19-31-24-10-9-22(27(28)33)17-23(24)18-26(31)30-14-11-21(12-15-30)16-20-7-5-4-6-8-20/h4-10,17-18,21H,2-3,11-16,19H2,1H3,(H2,28,33)(H,29,32). The van der Waals surface area contributed by atoms with E-state index in [-0.39, 0.29) is 12.5 Å². The van der Waals surface area contributed by atoms with Gasteiger partial charge in [-0.15, -0.1) is 0 Å². The van der Waals surface area contributed by atoms with Crippen LogP contribution in [0.5, 0.6) is 0 Å². The molecular weight excluding hydrogens is 412 g/mol. The highest BCUT2D eigenvalue weighted by molar-refractivity contribution is 5.98. The summed E-state index contributed by atoms with van der Waals surface area (Å²) in [6.45, 7) is 4.98. The van der Waals surface area contributed by atoms with E-state index < -0.39 is 5.91 Å². The van der Waals surface area contributed by atoms with Crippen LogP contribution in [-0.4, -0.2) is 36.0 Å².